The van der Waals surface area contributed by atoms with Gasteiger partial charge in [0.05, 0.1) is 6.10 Å². The molecule has 1 aromatic rings. The predicted molar refractivity (Wildman–Crippen MR) is 70.0 cm³/mol. The number of aliphatic hydroxyl groups is 1. The van der Waals surface area contributed by atoms with Crippen LogP contribution < -0.4 is 5.32 Å². The van der Waals surface area contributed by atoms with Gasteiger partial charge in [-0.2, -0.15) is 0 Å². The van der Waals surface area contributed by atoms with E-state index in [-0.39, 0.29) is 6.10 Å². The lowest BCUT2D eigenvalue weighted by atomic mass is 10.1. The third-order valence-electron chi connectivity index (χ3n) is 2.49. The van der Waals surface area contributed by atoms with E-state index in [1.807, 2.05) is 6.07 Å². The first kappa shape index (κ1) is 13.9. The van der Waals surface area contributed by atoms with Gasteiger partial charge in [-0.25, -0.2) is 9.97 Å². The number of hydrogen-bond acceptors (Lipinski definition) is 4. The Kier molecular flexibility index (Phi) is 5.91. The lowest BCUT2D eigenvalue weighted by Gasteiger charge is -2.14. The molecule has 1 rings (SSSR count). The molecule has 4 nitrogen and oxygen atoms in total. The highest BCUT2D eigenvalue weighted by atomic mass is 16.3. The third kappa shape index (κ3) is 5.63. The van der Waals surface area contributed by atoms with Crippen LogP contribution in [-0.2, 0) is 6.42 Å². The van der Waals surface area contributed by atoms with Gasteiger partial charge >= 0.3 is 0 Å². The molecule has 0 aliphatic rings. The van der Waals surface area contributed by atoms with Crippen molar-refractivity contribution in [2.75, 3.05) is 11.9 Å². The summed E-state index contributed by atoms with van der Waals surface area (Å²) in [7, 11) is 0. The number of nitrogens with one attached hydrogen (secondary N) is 1. The zero-order valence-corrected chi connectivity index (χ0v) is 11.0. The van der Waals surface area contributed by atoms with Crippen molar-refractivity contribution >= 4 is 5.82 Å². The van der Waals surface area contributed by atoms with Crippen LogP contribution in [0.2, 0.25) is 0 Å². The Bertz CT molecular complexity index is 328. The molecule has 1 heterocycles. The van der Waals surface area contributed by atoms with E-state index in [0.717, 1.165) is 30.8 Å². The van der Waals surface area contributed by atoms with Gasteiger partial charge in [-0.3, -0.25) is 0 Å². The minimum atomic E-state index is -0.320. The Morgan fingerprint density at radius 3 is 2.76 bits per heavy atom. The maximum atomic E-state index is 9.75. The maximum Gasteiger partial charge on any atom is 0.129 e. The van der Waals surface area contributed by atoms with Gasteiger partial charge in [0.1, 0.15) is 12.1 Å². The lowest BCUT2D eigenvalue weighted by molar-refractivity contribution is 0.161. The van der Waals surface area contributed by atoms with Crippen LogP contribution in [0.25, 0.3) is 0 Å². The topological polar surface area (TPSA) is 58.0 Å². The quantitative estimate of drug-likeness (QED) is 0.763. The molecule has 2 N–H and O–H groups in total. The molecule has 0 radical (unpaired) electrons. The van der Waals surface area contributed by atoms with E-state index in [4.69, 9.17) is 0 Å². The number of nitrogens with zero attached hydrogens (tertiary/aromatic N) is 2. The minimum absolute atomic E-state index is 0.320. The van der Waals surface area contributed by atoms with Crippen LogP contribution in [0.3, 0.4) is 0 Å². The van der Waals surface area contributed by atoms with Gasteiger partial charge in [0, 0.05) is 18.3 Å². The Balaban J connectivity index is 2.43. The second kappa shape index (κ2) is 7.22. The highest BCUT2D eigenvalue weighted by Crippen LogP contribution is 2.08. The molecule has 1 aromatic heterocycles. The van der Waals surface area contributed by atoms with Crippen LogP contribution in [0.1, 0.15) is 39.3 Å². The van der Waals surface area contributed by atoms with E-state index >= 15 is 0 Å². The molecular formula is C13H23N3O. The highest BCUT2D eigenvalue weighted by molar-refractivity contribution is 5.34. The van der Waals surface area contributed by atoms with Gasteiger partial charge in [-0.1, -0.05) is 27.2 Å². The normalized spacial score (nSPS) is 12.8. The van der Waals surface area contributed by atoms with Gasteiger partial charge in [0.2, 0.25) is 0 Å². The Hall–Kier alpha value is -1.16. The van der Waals surface area contributed by atoms with Gasteiger partial charge in [0.15, 0.2) is 0 Å². The molecule has 0 aliphatic heterocycles. The summed E-state index contributed by atoms with van der Waals surface area (Å²) in [6.45, 7) is 6.88. The molecule has 0 amide bonds. The van der Waals surface area contributed by atoms with Crippen LogP contribution in [0.15, 0.2) is 12.4 Å². The van der Waals surface area contributed by atoms with Crippen molar-refractivity contribution < 1.29 is 5.11 Å². The fourth-order valence-electron chi connectivity index (χ4n) is 1.74. The predicted octanol–water partition coefficient (Wildman–Crippen LogP) is 2.25. The zero-order chi connectivity index (χ0) is 12.7. The summed E-state index contributed by atoms with van der Waals surface area (Å²) >= 11 is 0. The average molecular weight is 237 g/mol. The zero-order valence-electron chi connectivity index (χ0n) is 11.0. The molecule has 1 atom stereocenters. The number of rotatable bonds is 7. The van der Waals surface area contributed by atoms with Gasteiger partial charge in [-0.05, 0) is 18.8 Å². The fourth-order valence-corrected chi connectivity index (χ4v) is 1.74. The number of aliphatic hydroxyl groups excluding tert-OH is 1. The molecular weight excluding hydrogens is 214 g/mol. The first-order valence-electron chi connectivity index (χ1n) is 6.34. The molecule has 0 aliphatic carbocycles. The molecule has 0 spiro atoms. The third-order valence-corrected chi connectivity index (χ3v) is 2.49. The van der Waals surface area contributed by atoms with Crippen molar-refractivity contribution in [2.45, 2.75) is 46.1 Å². The highest BCUT2D eigenvalue weighted by Gasteiger charge is 2.07. The first-order valence-corrected chi connectivity index (χ1v) is 6.34. The average Bonchev–Trinajstić information content (AvgIpc) is 2.26. The van der Waals surface area contributed by atoms with Crippen molar-refractivity contribution in [2.24, 2.45) is 5.92 Å². The molecule has 17 heavy (non-hydrogen) atoms. The number of aryl methyl sites for hydroxylation is 1. The Labute approximate surface area is 103 Å². The van der Waals surface area contributed by atoms with Gasteiger partial charge < -0.3 is 10.4 Å². The van der Waals surface area contributed by atoms with E-state index in [1.54, 1.807) is 6.33 Å². The van der Waals surface area contributed by atoms with E-state index in [2.05, 4.69) is 36.1 Å². The second-order valence-corrected chi connectivity index (χ2v) is 4.81. The van der Waals surface area contributed by atoms with Crippen molar-refractivity contribution in [3.63, 3.8) is 0 Å². The van der Waals surface area contributed by atoms with Crippen molar-refractivity contribution in [3.8, 4) is 0 Å². The van der Waals surface area contributed by atoms with Crippen LogP contribution in [-0.4, -0.2) is 27.7 Å². The van der Waals surface area contributed by atoms with E-state index in [0.29, 0.717) is 12.5 Å². The summed E-state index contributed by atoms with van der Waals surface area (Å²) in [5, 5.41) is 12.9. The molecule has 0 fully saturated rings. The summed E-state index contributed by atoms with van der Waals surface area (Å²) in [6, 6.07) is 1.95. The maximum absolute atomic E-state index is 9.75. The van der Waals surface area contributed by atoms with E-state index < -0.39 is 0 Å². The van der Waals surface area contributed by atoms with E-state index in [1.165, 1.54) is 0 Å². The lowest BCUT2D eigenvalue weighted by Crippen LogP contribution is -2.21. The van der Waals surface area contributed by atoms with Crippen molar-refractivity contribution in [3.05, 3.63) is 18.1 Å². The summed E-state index contributed by atoms with van der Waals surface area (Å²) in [4.78, 5) is 8.33. The van der Waals surface area contributed by atoms with E-state index in [9.17, 15) is 5.11 Å². The smallest absolute Gasteiger partial charge is 0.129 e. The monoisotopic (exact) mass is 237 g/mol. The van der Waals surface area contributed by atoms with Crippen molar-refractivity contribution in [1.82, 2.24) is 9.97 Å². The molecule has 0 saturated heterocycles. The number of anilines is 1. The van der Waals surface area contributed by atoms with Crippen LogP contribution in [0, 0.1) is 5.92 Å². The number of aromatic nitrogens is 2. The summed E-state index contributed by atoms with van der Waals surface area (Å²) in [5.74, 6) is 1.30. The Morgan fingerprint density at radius 1 is 1.35 bits per heavy atom. The SMILES string of the molecule is CCCc1cc(NCC(O)CC(C)C)ncn1. The molecule has 0 aromatic carbocycles. The molecule has 96 valence electrons. The van der Waals surface area contributed by atoms with Crippen LogP contribution in [0.5, 0.6) is 0 Å². The summed E-state index contributed by atoms with van der Waals surface area (Å²) in [6.07, 6.45) is 4.10. The van der Waals surface area contributed by atoms with Crippen molar-refractivity contribution in [1.29, 1.82) is 0 Å². The largest absolute Gasteiger partial charge is 0.391 e. The standard InChI is InChI=1S/C13H23N3O/c1-4-5-11-7-13(16-9-15-11)14-8-12(17)6-10(2)3/h7,9-10,12,17H,4-6,8H2,1-3H3,(H,14,15,16). The second-order valence-electron chi connectivity index (χ2n) is 4.81. The molecule has 4 heteroatoms. The molecule has 0 bridgehead atoms. The Morgan fingerprint density at radius 2 is 2.12 bits per heavy atom. The van der Waals surface area contributed by atoms with Crippen LogP contribution >= 0.6 is 0 Å². The number of hydrogen-bond donors (Lipinski definition) is 2. The van der Waals surface area contributed by atoms with Crippen LogP contribution in [0.4, 0.5) is 5.82 Å². The molecule has 0 saturated carbocycles. The first-order chi connectivity index (χ1) is 8.11. The fraction of sp³-hybridized carbons (Fsp3) is 0.692. The van der Waals surface area contributed by atoms with Gasteiger partial charge in [0.25, 0.3) is 0 Å². The minimum Gasteiger partial charge on any atom is -0.391 e. The molecule has 1 unspecified atom stereocenters. The summed E-state index contributed by atoms with van der Waals surface area (Å²) < 4.78 is 0. The van der Waals surface area contributed by atoms with Gasteiger partial charge in [-0.15, -0.1) is 0 Å². The summed E-state index contributed by atoms with van der Waals surface area (Å²) in [5.41, 5.74) is 1.04.